The minimum atomic E-state index is 0. The highest BCUT2D eigenvalue weighted by atomic mass is 14.1. The van der Waals surface area contributed by atoms with Gasteiger partial charge in [-0.2, -0.15) is 0 Å². The second-order valence-corrected chi connectivity index (χ2v) is 2.85. The average molecular weight is 144 g/mol. The monoisotopic (exact) mass is 144 g/mol. The predicted octanol–water partition coefficient (Wildman–Crippen LogP) is 4.25. The fourth-order valence-electron chi connectivity index (χ4n) is 1.37. The lowest BCUT2D eigenvalue weighted by atomic mass is 9.96. The van der Waals surface area contributed by atoms with Crippen LogP contribution in [0.3, 0.4) is 0 Å². The molecule has 0 nitrogen and oxygen atoms in total. The Balaban J connectivity index is 0. The molecule has 0 bridgehead atoms. The molecule has 0 heteroatoms. The van der Waals surface area contributed by atoms with Gasteiger partial charge in [-0.3, -0.25) is 0 Å². The molecule has 0 radical (unpaired) electrons. The minimum Gasteiger partial charge on any atom is -0.0776 e. The topological polar surface area (TPSA) is 0 Å². The molecule has 0 rings (SSSR count). The molecule has 64 valence electrons. The van der Waals surface area contributed by atoms with Gasteiger partial charge in [-0.1, -0.05) is 60.3 Å². The zero-order chi connectivity index (χ0) is 7.11. The summed E-state index contributed by atoms with van der Waals surface area (Å²) in [5.41, 5.74) is 0. The van der Waals surface area contributed by atoms with Crippen molar-refractivity contribution in [3.05, 3.63) is 0 Å². The van der Waals surface area contributed by atoms with Crippen molar-refractivity contribution in [2.45, 2.75) is 60.3 Å². The second kappa shape index (κ2) is 9.00. The second-order valence-electron chi connectivity index (χ2n) is 2.85. The van der Waals surface area contributed by atoms with Gasteiger partial charge in [0.2, 0.25) is 0 Å². The van der Waals surface area contributed by atoms with E-state index in [0.29, 0.717) is 0 Å². The molecule has 10 heavy (non-hydrogen) atoms. The van der Waals surface area contributed by atoms with Crippen molar-refractivity contribution in [2.75, 3.05) is 0 Å². The van der Waals surface area contributed by atoms with Crippen LogP contribution in [0.25, 0.3) is 0 Å². The molecule has 0 unspecified atom stereocenters. The molecule has 0 aromatic carbocycles. The van der Waals surface area contributed by atoms with Crippen molar-refractivity contribution in [3.63, 3.8) is 0 Å². The molecular formula is C10H24. The van der Waals surface area contributed by atoms with E-state index >= 15 is 0 Å². The molecule has 0 N–H and O–H groups in total. The van der Waals surface area contributed by atoms with Crippen LogP contribution in [-0.4, -0.2) is 0 Å². The minimum absolute atomic E-state index is 0. The average Bonchev–Trinajstić information content (AvgIpc) is 1.88. The zero-order valence-corrected chi connectivity index (χ0v) is 7.11. The van der Waals surface area contributed by atoms with E-state index in [1.54, 1.807) is 0 Å². The molecule has 0 fully saturated rings. The highest BCUT2D eigenvalue weighted by Gasteiger charge is 2.01. The summed E-state index contributed by atoms with van der Waals surface area (Å²) in [4.78, 5) is 0. The molecule has 0 saturated carbocycles. The molecule has 0 aliphatic heterocycles. The van der Waals surface area contributed by atoms with Crippen LogP contribution in [0, 0.1) is 5.92 Å². The summed E-state index contributed by atoms with van der Waals surface area (Å²) in [6.07, 6.45) is 6.97. The zero-order valence-electron chi connectivity index (χ0n) is 7.11. The van der Waals surface area contributed by atoms with Crippen LogP contribution in [0.15, 0.2) is 0 Å². The Bertz CT molecular complexity index is 42.0. The molecule has 0 saturated heterocycles. The van der Waals surface area contributed by atoms with E-state index in [1.165, 1.54) is 32.1 Å². The maximum Gasteiger partial charge on any atom is -0.0417 e. The van der Waals surface area contributed by atoms with E-state index < -0.39 is 0 Å². The van der Waals surface area contributed by atoms with Gasteiger partial charge < -0.3 is 0 Å². The van der Waals surface area contributed by atoms with Gasteiger partial charge in [0.15, 0.2) is 0 Å². The van der Waals surface area contributed by atoms with Gasteiger partial charge in [0.1, 0.15) is 0 Å². The van der Waals surface area contributed by atoms with E-state index in [-0.39, 0.29) is 7.43 Å². The van der Waals surface area contributed by atoms with Gasteiger partial charge >= 0.3 is 0 Å². The maximum absolute atomic E-state index is 2.30. The standard InChI is InChI=1S/C9H20.CH4/c1-4-7-9(6-3)8-5-2;/h9H,4-8H2,1-3H3;1H4. The highest BCUT2D eigenvalue weighted by Crippen LogP contribution is 2.16. The van der Waals surface area contributed by atoms with Crippen molar-refractivity contribution in [2.24, 2.45) is 5.92 Å². The van der Waals surface area contributed by atoms with Gasteiger partial charge in [-0.05, 0) is 5.92 Å². The first-order valence-electron chi connectivity index (χ1n) is 4.35. The van der Waals surface area contributed by atoms with Crippen LogP contribution >= 0.6 is 0 Å². The van der Waals surface area contributed by atoms with Crippen molar-refractivity contribution in [3.8, 4) is 0 Å². The summed E-state index contributed by atoms with van der Waals surface area (Å²) in [6.45, 7) is 6.85. The quantitative estimate of drug-likeness (QED) is 0.541. The number of hydrogen-bond donors (Lipinski definition) is 0. The van der Waals surface area contributed by atoms with Crippen LogP contribution in [0.1, 0.15) is 60.3 Å². The first kappa shape index (κ1) is 12.7. The van der Waals surface area contributed by atoms with Gasteiger partial charge in [-0.15, -0.1) is 0 Å². The van der Waals surface area contributed by atoms with Crippen molar-refractivity contribution in [1.82, 2.24) is 0 Å². The third kappa shape index (κ3) is 6.12. The Hall–Kier alpha value is 0. The smallest absolute Gasteiger partial charge is 0.0417 e. The van der Waals surface area contributed by atoms with Gasteiger partial charge in [0.25, 0.3) is 0 Å². The summed E-state index contributed by atoms with van der Waals surface area (Å²) in [6, 6.07) is 0. The van der Waals surface area contributed by atoms with E-state index in [4.69, 9.17) is 0 Å². The fourth-order valence-corrected chi connectivity index (χ4v) is 1.37. The molecule has 0 heterocycles. The van der Waals surface area contributed by atoms with Crippen LogP contribution in [-0.2, 0) is 0 Å². The van der Waals surface area contributed by atoms with E-state index in [2.05, 4.69) is 20.8 Å². The van der Waals surface area contributed by atoms with Crippen molar-refractivity contribution >= 4 is 0 Å². The molecule has 0 aromatic rings. The molecule has 0 aliphatic rings. The van der Waals surface area contributed by atoms with Gasteiger partial charge in [-0.25, -0.2) is 0 Å². The lowest BCUT2D eigenvalue weighted by Gasteiger charge is -2.10. The molecule has 0 spiro atoms. The molecular weight excluding hydrogens is 120 g/mol. The SMILES string of the molecule is C.CCCC(CC)CCC. The summed E-state index contributed by atoms with van der Waals surface area (Å²) in [7, 11) is 0. The molecule has 0 atom stereocenters. The van der Waals surface area contributed by atoms with Crippen LogP contribution in [0.2, 0.25) is 0 Å². The Morgan fingerprint density at radius 2 is 1.30 bits per heavy atom. The van der Waals surface area contributed by atoms with E-state index in [9.17, 15) is 0 Å². The molecule has 0 aromatic heterocycles. The summed E-state index contributed by atoms with van der Waals surface area (Å²) in [5.74, 6) is 1.01. The Kier molecular flexibility index (Phi) is 11.4. The Morgan fingerprint density at radius 1 is 0.900 bits per heavy atom. The number of hydrogen-bond acceptors (Lipinski definition) is 0. The molecule has 0 amide bonds. The Morgan fingerprint density at radius 3 is 1.50 bits per heavy atom. The predicted molar refractivity (Wildman–Crippen MR) is 50.3 cm³/mol. The Labute approximate surface area is 67.0 Å². The largest absolute Gasteiger partial charge is 0.0776 e. The summed E-state index contributed by atoms with van der Waals surface area (Å²) < 4.78 is 0. The lowest BCUT2D eigenvalue weighted by Crippen LogP contribution is -1.96. The fraction of sp³-hybridized carbons (Fsp3) is 1.00. The third-order valence-corrected chi connectivity index (χ3v) is 1.97. The van der Waals surface area contributed by atoms with Gasteiger partial charge in [0, 0.05) is 0 Å². The third-order valence-electron chi connectivity index (χ3n) is 1.97. The lowest BCUT2D eigenvalue weighted by molar-refractivity contribution is 0.427. The first-order chi connectivity index (χ1) is 4.35. The summed E-state index contributed by atoms with van der Waals surface area (Å²) >= 11 is 0. The highest BCUT2D eigenvalue weighted by molar-refractivity contribution is 4.54. The summed E-state index contributed by atoms with van der Waals surface area (Å²) in [5, 5.41) is 0. The van der Waals surface area contributed by atoms with Crippen molar-refractivity contribution in [1.29, 1.82) is 0 Å². The van der Waals surface area contributed by atoms with Crippen molar-refractivity contribution < 1.29 is 0 Å². The van der Waals surface area contributed by atoms with Crippen LogP contribution in [0.5, 0.6) is 0 Å². The first-order valence-corrected chi connectivity index (χ1v) is 4.35. The maximum atomic E-state index is 2.30. The molecule has 0 aliphatic carbocycles. The van der Waals surface area contributed by atoms with Crippen LogP contribution in [0.4, 0.5) is 0 Å². The van der Waals surface area contributed by atoms with Gasteiger partial charge in [0.05, 0.1) is 0 Å². The van der Waals surface area contributed by atoms with E-state index in [0.717, 1.165) is 5.92 Å². The number of rotatable bonds is 5. The van der Waals surface area contributed by atoms with E-state index in [1.807, 2.05) is 0 Å². The van der Waals surface area contributed by atoms with Crippen LogP contribution < -0.4 is 0 Å². The normalized spacial score (nSPS) is 9.60.